The maximum Gasteiger partial charge on any atom is 0.341 e. The van der Waals surface area contributed by atoms with E-state index < -0.39 is 11.4 Å². The molecular weight excluding hydrogens is 406 g/mol. The lowest BCUT2D eigenvalue weighted by Crippen LogP contribution is -2.46. The quantitative estimate of drug-likeness (QED) is 0.638. The molecule has 0 bridgehead atoms. The number of nitrogens with two attached hydrogens (primary N) is 1. The molecule has 1 atom stereocenters. The van der Waals surface area contributed by atoms with Crippen molar-refractivity contribution >= 4 is 39.0 Å². The number of benzene rings is 1. The van der Waals surface area contributed by atoms with Gasteiger partial charge in [-0.1, -0.05) is 0 Å². The van der Waals surface area contributed by atoms with E-state index in [1.807, 2.05) is 25.4 Å². The predicted molar refractivity (Wildman–Crippen MR) is 117 cm³/mol. The highest BCUT2D eigenvalue weighted by Crippen LogP contribution is 2.39. The van der Waals surface area contributed by atoms with Crippen molar-refractivity contribution in [3.63, 3.8) is 0 Å². The smallest absolute Gasteiger partial charge is 0.341 e. The van der Waals surface area contributed by atoms with Gasteiger partial charge in [0.05, 0.1) is 11.1 Å². The van der Waals surface area contributed by atoms with Gasteiger partial charge in [-0.3, -0.25) is 14.5 Å². The molecule has 2 aromatic heterocycles. The van der Waals surface area contributed by atoms with E-state index in [1.54, 1.807) is 21.9 Å². The minimum atomic E-state index is -1.22. The van der Waals surface area contributed by atoms with Crippen LogP contribution in [0.4, 0.5) is 10.8 Å². The van der Waals surface area contributed by atoms with Gasteiger partial charge in [0.1, 0.15) is 11.1 Å². The fourth-order valence-corrected chi connectivity index (χ4v) is 4.13. The topological polar surface area (TPSA) is 114 Å². The Morgan fingerprint density at radius 1 is 1.33 bits per heavy atom. The molecule has 2 aliphatic rings. The van der Waals surface area contributed by atoms with E-state index in [9.17, 15) is 14.7 Å². The lowest BCUT2D eigenvalue weighted by Gasteiger charge is -2.37. The molecule has 3 aromatic rings. The molecular formula is C20H23N5O4S. The lowest BCUT2D eigenvalue weighted by atomic mass is 10.1. The molecule has 1 aromatic carbocycles. The van der Waals surface area contributed by atoms with Gasteiger partial charge >= 0.3 is 5.97 Å². The summed E-state index contributed by atoms with van der Waals surface area (Å²) in [5, 5.41) is 14.0. The number of carboxylic acids is 1. The molecule has 158 valence electrons. The first-order valence-electron chi connectivity index (χ1n) is 9.64. The van der Waals surface area contributed by atoms with Crippen LogP contribution >= 0.6 is 11.3 Å². The first kappa shape index (κ1) is 20.0. The minimum Gasteiger partial charge on any atom is -0.477 e. The Morgan fingerprint density at radius 2 is 2.07 bits per heavy atom. The Morgan fingerprint density at radius 3 is 2.63 bits per heavy atom. The third-order valence-electron chi connectivity index (χ3n) is 5.36. The molecule has 1 fully saturated rings. The Hall–Kier alpha value is -3.27. The van der Waals surface area contributed by atoms with Gasteiger partial charge in [0.15, 0.2) is 17.1 Å². The van der Waals surface area contributed by atoms with E-state index in [1.165, 1.54) is 17.5 Å². The molecule has 1 saturated heterocycles. The molecule has 0 saturated carbocycles. The van der Waals surface area contributed by atoms with E-state index in [0.717, 1.165) is 31.6 Å². The summed E-state index contributed by atoms with van der Waals surface area (Å²) in [5.41, 5.74) is 6.08. The number of aromatic nitrogens is 2. The molecule has 1 unspecified atom stereocenters. The Balaban J connectivity index is 0.000000313. The van der Waals surface area contributed by atoms with Crippen LogP contribution in [-0.4, -0.2) is 47.1 Å². The fourth-order valence-electron chi connectivity index (χ4n) is 3.74. The zero-order chi connectivity index (χ0) is 21.4. The number of hydrogen-bond donors (Lipinski definition) is 2. The molecule has 2 aliphatic heterocycles. The van der Waals surface area contributed by atoms with Gasteiger partial charge in [-0.25, -0.2) is 9.78 Å². The Bertz CT molecular complexity index is 1140. The second-order valence-electron chi connectivity index (χ2n) is 7.19. The highest BCUT2D eigenvalue weighted by atomic mass is 32.1. The summed E-state index contributed by atoms with van der Waals surface area (Å²) in [6, 6.07) is 3.59. The van der Waals surface area contributed by atoms with Crippen molar-refractivity contribution in [2.75, 3.05) is 35.8 Å². The normalized spacial score (nSPS) is 17.5. The van der Waals surface area contributed by atoms with Gasteiger partial charge in [-0.15, -0.1) is 11.3 Å². The second kappa shape index (κ2) is 7.86. The van der Waals surface area contributed by atoms with Gasteiger partial charge in [0.25, 0.3) is 0 Å². The van der Waals surface area contributed by atoms with Gasteiger partial charge in [-0.05, 0) is 31.9 Å². The van der Waals surface area contributed by atoms with Crippen LogP contribution in [0.2, 0.25) is 0 Å². The molecule has 0 radical (unpaired) electrons. The number of hydrogen-bond acceptors (Lipinski definition) is 8. The first-order chi connectivity index (χ1) is 14.4. The first-order valence-corrected chi connectivity index (χ1v) is 10.5. The highest BCUT2D eigenvalue weighted by molar-refractivity contribution is 7.13. The van der Waals surface area contributed by atoms with E-state index >= 15 is 0 Å². The lowest BCUT2D eigenvalue weighted by molar-refractivity contribution is 0.0694. The van der Waals surface area contributed by atoms with E-state index in [4.69, 9.17) is 10.5 Å². The summed E-state index contributed by atoms with van der Waals surface area (Å²) in [4.78, 5) is 30.0. The molecule has 0 amide bonds. The molecule has 3 N–H and O–H groups in total. The number of carboxylic acid groups (broad SMARTS) is 1. The van der Waals surface area contributed by atoms with Crippen LogP contribution < -0.4 is 25.8 Å². The average molecular weight is 430 g/mol. The summed E-state index contributed by atoms with van der Waals surface area (Å²) in [5.74, 6) is -0.558. The van der Waals surface area contributed by atoms with Gasteiger partial charge < -0.3 is 20.5 Å². The highest BCUT2D eigenvalue weighted by Gasteiger charge is 2.30. The van der Waals surface area contributed by atoms with Gasteiger partial charge in [-0.2, -0.15) is 0 Å². The molecule has 30 heavy (non-hydrogen) atoms. The van der Waals surface area contributed by atoms with E-state index in [2.05, 4.69) is 9.88 Å². The van der Waals surface area contributed by atoms with Crippen molar-refractivity contribution in [2.24, 2.45) is 0 Å². The van der Waals surface area contributed by atoms with Crippen molar-refractivity contribution < 1.29 is 14.6 Å². The third kappa shape index (κ3) is 3.43. The monoisotopic (exact) mass is 429 g/mol. The van der Waals surface area contributed by atoms with Crippen molar-refractivity contribution in [3.05, 3.63) is 45.7 Å². The van der Waals surface area contributed by atoms with Gasteiger partial charge in [0, 0.05) is 37.9 Å². The summed E-state index contributed by atoms with van der Waals surface area (Å²) >= 11 is 1.44. The Kier molecular flexibility index (Phi) is 5.25. The molecule has 10 heteroatoms. The summed E-state index contributed by atoms with van der Waals surface area (Å²) in [6.45, 7) is 3.82. The summed E-state index contributed by atoms with van der Waals surface area (Å²) in [7, 11) is 1.81. The van der Waals surface area contributed by atoms with Crippen LogP contribution in [0, 0.1) is 0 Å². The summed E-state index contributed by atoms with van der Waals surface area (Å²) < 4.78 is 7.82. The van der Waals surface area contributed by atoms with Crippen LogP contribution in [-0.2, 0) is 0 Å². The number of carbonyl (C=O) groups is 1. The fraction of sp³-hybridized carbons (Fsp3) is 0.350. The SMILES string of the molecule is CC1Oc2c(N3CCCC3)ccc3c(=O)c(C(=O)O)cn(c23)N1C.Nc1nccs1. The number of anilines is 2. The van der Waals surface area contributed by atoms with Crippen LogP contribution in [0.25, 0.3) is 10.9 Å². The summed E-state index contributed by atoms with van der Waals surface area (Å²) in [6.07, 6.45) is 5.08. The largest absolute Gasteiger partial charge is 0.477 e. The van der Waals surface area contributed by atoms with Crippen LogP contribution in [0.5, 0.6) is 5.75 Å². The molecule has 0 aliphatic carbocycles. The van der Waals surface area contributed by atoms with Crippen LogP contribution in [0.15, 0.2) is 34.7 Å². The standard InChI is InChI=1S/C17H19N3O4.C3H4N2S/c1-10-18(2)20-9-12(17(22)23)15(21)11-5-6-13(16(24-10)14(11)20)19-7-3-4-8-19;4-3-5-1-2-6-3/h5-6,9-10H,3-4,7-8H2,1-2H3,(H,22,23);1-2H,(H2,4,5). The number of nitrogens with zero attached hydrogens (tertiary/aromatic N) is 4. The van der Waals surface area contributed by atoms with Crippen LogP contribution in [0.1, 0.15) is 30.1 Å². The number of thiazole rings is 1. The zero-order valence-electron chi connectivity index (χ0n) is 16.7. The third-order valence-corrected chi connectivity index (χ3v) is 5.97. The number of ether oxygens (including phenoxy) is 1. The maximum atomic E-state index is 12.6. The van der Waals surface area contributed by atoms with Gasteiger partial charge in [0.2, 0.25) is 5.43 Å². The second-order valence-corrected chi connectivity index (χ2v) is 8.11. The van der Waals surface area contributed by atoms with Crippen molar-refractivity contribution in [3.8, 4) is 5.75 Å². The molecule has 9 nitrogen and oxygen atoms in total. The van der Waals surface area contributed by atoms with Crippen molar-refractivity contribution in [1.29, 1.82) is 0 Å². The Labute approximate surface area is 176 Å². The number of aromatic carboxylic acids is 1. The van der Waals surface area contributed by atoms with Crippen LogP contribution in [0.3, 0.4) is 0 Å². The number of rotatable bonds is 2. The number of pyridine rings is 1. The van der Waals surface area contributed by atoms with Crippen molar-refractivity contribution in [1.82, 2.24) is 9.66 Å². The molecule has 4 heterocycles. The van der Waals surface area contributed by atoms with E-state index in [-0.39, 0.29) is 11.8 Å². The van der Waals surface area contributed by atoms with E-state index in [0.29, 0.717) is 21.8 Å². The minimum absolute atomic E-state index is 0.233. The zero-order valence-corrected chi connectivity index (χ0v) is 17.6. The maximum absolute atomic E-state index is 12.6. The predicted octanol–water partition coefficient (Wildman–Crippen LogP) is 2.33. The molecule has 5 rings (SSSR count). The average Bonchev–Trinajstić information content (AvgIpc) is 3.41. The molecule has 0 spiro atoms. The number of nitrogen functional groups attached to an aromatic ring is 1. The van der Waals surface area contributed by atoms with Crippen molar-refractivity contribution in [2.45, 2.75) is 26.0 Å².